The normalized spacial score (nSPS) is 12.5. The van der Waals surface area contributed by atoms with Crippen molar-refractivity contribution in [1.29, 1.82) is 0 Å². The molecule has 4 heteroatoms. The van der Waals surface area contributed by atoms with E-state index in [2.05, 4.69) is 5.32 Å². The van der Waals surface area contributed by atoms with Crippen LogP contribution in [0.1, 0.15) is 18.9 Å². The van der Waals surface area contributed by atoms with Crippen LogP contribution in [0.2, 0.25) is 0 Å². The van der Waals surface area contributed by atoms with Crippen molar-refractivity contribution in [1.82, 2.24) is 5.32 Å². The molecule has 16 heavy (non-hydrogen) atoms. The summed E-state index contributed by atoms with van der Waals surface area (Å²) in [5.41, 5.74) is 0.641. The Morgan fingerprint density at radius 1 is 1.50 bits per heavy atom. The van der Waals surface area contributed by atoms with E-state index < -0.39 is 0 Å². The maximum Gasteiger partial charge on any atom is 0.131 e. The zero-order chi connectivity index (χ0) is 12.0. The summed E-state index contributed by atoms with van der Waals surface area (Å²) in [5, 5.41) is 3.21. The van der Waals surface area contributed by atoms with Gasteiger partial charge < -0.3 is 10.1 Å². The number of alkyl halides is 1. The maximum absolute atomic E-state index is 13.5. The van der Waals surface area contributed by atoms with Gasteiger partial charge in [0.05, 0.1) is 7.11 Å². The monoisotopic (exact) mass is 245 g/mol. The van der Waals surface area contributed by atoms with Crippen molar-refractivity contribution in [2.24, 2.45) is 0 Å². The highest BCUT2D eigenvalue weighted by Gasteiger charge is 2.05. The molecular weight excluding hydrogens is 229 g/mol. The van der Waals surface area contributed by atoms with Crippen molar-refractivity contribution in [2.45, 2.75) is 25.9 Å². The Hall–Kier alpha value is -0.800. The fourth-order valence-corrected chi connectivity index (χ4v) is 1.68. The van der Waals surface area contributed by atoms with Crippen molar-refractivity contribution in [3.63, 3.8) is 0 Å². The smallest absolute Gasteiger partial charge is 0.131 e. The SMILES string of the molecule is COc1ccc(CNC(C)CCCl)c(F)c1. The summed E-state index contributed by atoms with van der Waals surface area (Å²) in [6.07, 6.45) is 0.874. The van der Waals surface area contributed by atoms with Crippen LogP contribution in [0.15, 0.2) is 18.2 Å². The van der Waals surface area contributed by atoms with Gasteiger partial charge in [-0.05, 0) is 19.4 Å². The molecule has 0 saturated carbocycles. The van der Waals surface area contributed by atoms with Crippen LogP contribution in [-0.2, 0) is 6.54 Å². The Labute approximate surface area is 101 Å². The summed E-state index contributed by atoms with van der Waals surface area (Å²) in [6, 6.07) is 5.17. The summed E-state index contributed by atoms with van der Waals surface area (Å²) in [4.78, 5) is 0. The molecule has 1 atom stereocenters. The number of methoxy groups -OCH3 is 1. The molecule has 2 nitrogen and oxygen atoms in total. The molecule has 0 aliphatic rings. The Morgan fingerprint density at radius 2 is 2.25 bits per heavy atom. The van der Waals surface area contributed by atoms with Gasteiger partial charge in [0.1, 0.15) is 11.6 Å². The van der Waals surface area contributed by atoms with Crippen LogP contribution in [-0.4, -0.2) is 19.0 Å². The Kier molecular flexibility index (Phi) is 5.56. The number of rotatable bonds is 6. The van der Waals surface area contributed by atoms with Crippen molar-refractivity contribution in [3.05, 3.63) is 29.6 Å². The van der Waals surface area contributed by atoms with E-state index >= 15 is 0 Å². The molecule has 0 bridgehead atoms. The van der Waals surface area contributed by atoms with Crippen LogP contribution in [0.4, 0.5) is 4.39 Å². The Balaban J connectivity index is 2.54. The molecular formula is C12H17ClFNO. The Morgan fingerprint density at radius 3 is 2.81 bits per heavy atom. The van der Waals surface area contributed by atoms with Gasteiger partial charge in [0.2, 0.25) is 0 Å². The maximum atomic E-state index is 13.5. The summed E-state index contributed by atoms with van der Waals surface area (Å²) >= 11 is 5.62. The second kappa shape index (κ2) is 6.71. The minimum atomic E-state index is -0.245. The van der Waals surface area contributed by atoms with Gasteiger partial charge in [-0.25, -0.2) is 4.39 Å². The molecule has 1 aromatic carbocycles. The summed E-state index contributed by atoms with van der Waals surface area (Å²) in [6.45, 7) is 2.54. The summed E-state index contributed by atoms with van der Waals surface area (Å²) < 4.78 is 18.5. The standard InChI is InChI=1S/C12H17ClFNO/c1-9(5-6-13)15-8-10-3-4-11(16-2)7-12(10)14/h3-4,7,9,15H,5-6,8H2,1-2H3. The average molecular weight is 246 g/mol. The van der Waals surface area contributed by atoms with Crippen LogP contribution in [0.3, 0.4) is 0 Å². The third-order valence-corrected chi connectivity index (χ3v) is 2.66. The molecule has 90 valence electrons. The lowest BCUT2D eigenvalue weighted by atomic mass is 10.2. The molecule has 0 spiro atoms. The molecule has 0 radical (unpaired) electrons. The van der Waals surface area contributed by atoms with E-state index in [-0.39, 0.29) is 5.82 Å². The van der Waals surface area contributed by atoms with Crippen LogP contribution in [0, 0.1) is 5.82 Å². The van der Waals surface area contributed by atoms with Crippen LogP contribution in [0.25, 0.3) is 0 Å². The Bertz CT molecular complexity index is 333. The average Bonchev–Trinajstić information content (AvgIpc) is 2.27. The first-order valence-electron chi connectivity index (χ1n) is 5.29. The minimum absolute atomic E-state index is 0.245. The van der Waals surface area contributed by atoms with Gasteiger partial charge in [0.25, 0.3) is 0 Å². The quantitative estimate of drug-likeness (QED) is 0.778. The second-order valence-electron chi connectivity index (χ2n) is 3.72. The lowest BCUT2D eigenvalue weighted by Gasteiger charge is -2.12. The first kappa shape index (κ1) is 13.3. The molecule has 1 aromatic rings. The fourth-order valence-electron chi connectivity index (χ4n) is 1.35. The zero-order valence-electron chi connectivity index (χ0n) is 9.59. The minimum Gasteiger partial charge on any atom is -0.497 e. The fraction of sp³-hybridized carbons (Fsp3) is 0.500. The van der Waals surface area contributed by atoms with E-state index in [0.717, 1.165) is 6.42 Å². The van der Waals surface area contributed by atoms with Gasteiger partial charge in [0, 0.05) is 30.1 Å². The van der Waals surface area contributed by atoms with Crippen LogP contribution < -0.4 is 10.1 Å². The predicted octanol–water partition coefficient (Wildman–Crippen LogP) is 2.94. The first-order valence-corrected chi connectivity index (χ1v) is 5.82. The molecule has 1 N–H and O–H groups in total. The van der Waals surface area contributed by atoms with E-state index in [9.17, 15) is 4.39 Å². The number of benzene rings is 1. The van der Waals surface area contributed by atoms with Gasteiger partial charge in [0.15, 0.2) is 0 Å². The molecule has 0 saturated heterocycles. The van der Waals surface area contributed by atoms with Gasteiger partial charge >= 0.3 is 0 Å². The van der Waals surface area contributed by atoms with Crippen molar-refractivity contribution in [3.8, 4) is 5.75 Å². The molecule has 0 aromatic heterocycles. The third-order valence-electron chi connectivity index (χ3n) is 2.44. The lowest BCUT2D eigenvalue weighted by Crippen LogP contribution is -2.26. The molecule has 1 rings (SSSR count). The summed E-state index contributed by atoms with van der Waals surface area (Å²) in [7, 11) is 1.52. The zero-order valence-corrected chi connectivity index (χ0v) is 10.4. The first-order chi connectivity index (χ1) is 7.67. The highest BCUT2D eigenvalue weighted by atomic mass is 35.5. The number of hydrogen-bond acceptors (Lipinski definition) is 2. The lowest BCUT2D eigenvalue weighted by molar-refractivity contribution is 0.410. The van der Waals surface area contributed by atoms with Gasteiger partial charge in [-0.2, -0.15) is 0 Å². The number of hydrogen-bond donors (Lipinski definition) is 1. The van der Waals surface area contributed by atoms with Gasteiger partial charge in [-0.3, -0.25) is 0 Å². The van der Waals surface area contributed by atoms with Crippen molar-refractivity contribution in [2.75, 3.05) is 13.0 Å². The van der Waals surface area contributed by atoms with E-state index in [0.29, 0.717) is 29.8 Å². The topological polar surface area (TPSA) is 21.3 Å². The van der Waals surface area contributed by atoms with E-state index in [1.165, 1.54) is 13.2 Å². The third kappa shape index (κ3) is 3.99. The molecule has 0 amide bonds. The molecule has 0 aliphatic carbocycles. The van der Waals surface area contributed by atoms with Crippen LogP contribution >= 0.6 is 11.6 Å². The van der Waals surface area contributed by atoms with Gasteiger partial charge in [-0.15, -0.1) is 11.6 Å². The van der Waals surface area contributed by atoms with E-state index in [1.807, 2.05) is 6.92 Å². The molecule has 0 aliphatic heterocycles. The largest absolute Gasteiger partial charge is 0.497 e. The van der Waals surface area contributed by atoms with Crippen molar-refractivity contribution < 1.29 is 9.13 Å². The predicted molar refractivity (Wildman–Crippen MR) is 64.6 cm³/mol. The number of halogens is 2. The molecule has 0 heterocycles. The second-order valence-corrected chi connectivity index (χ2v) is 4.09. The molecule has 1 unspecified atom stereocenters. The number of ether oxygens (including phenoxy) is 1. The highest BCUT2D eigenvalue weighted by molar-refractivity contribution is 6.17. The highest BCUT2D eigenvalue weighted by Crippen LogP contribution is 2.16. The van der Waals surface area contributed by atoms with E-state index in [1.54, 1.807) is 12.1 Å². The van der Waals surface area contributed by atoms with Crippen molar-refractivity contribution >= 4 is 11.6 Å². The van der Waals surface area contributed by atoms with E-state index in [4.69, 9.17) is 16.3 Å². The summed E-state index contributed by atoms with van der Waals surface area (Å²) in [5.74, 6) is 0.902. The number of nitrogens with one attached hydrogen (secondary N) is 1. The van der Waals surface area contributed by atoms with Crippen LogP contribution in [0.5, 0.6) is 5.75 Å². The molecule has 0 fully saturated rings. The van der Waals surface area contributed by atoms with Gasteiger partial charge in [-0.1, -0.05) is 6.07 Å².